The van der Waals surface area contributed by atoms with Gasteiger partial charge in [0.15, 0.2) is 0 Å². The number of nitrogens with zero attached hydrogens (tertiary/aromatic N) is 1. The lowest BCUT2D eigenvalue weighted by molar-refractivity contribution is -0.141. The predicted octanol–water partition coefficient (Wildman–Crippen LogP) is 1.23. The zero-order chi connectivity index (χ0) is 15.2. The van der Waals surface area contributed by atoms with Gasteiger partial charge >= 0.3 is 6.18 Å². The number of alkyl halides is 3. The van der Waals surface area contributed by atoms with Gasteiger partial charge in [-0.15, -0.1) is 0 Å². The van der Waals surface area contributed by atoms with Crippen LogP contribution in [0.25, 0.3) is 0 Å². The van der Waals surface area contributed by atoms with Crippen molar-refractivity contribution in [3.05, 3.63) is 29.6 Å². The fourth-order valence-corrected chi connectivity index (χ4v) is 1.52. The molecule has 1 aromatic heterocycles. The maximum atomic E-state index is 12.3. The number of hydrogen-bond acceptors (Lipinski definition) is 4. The molecule has 0 bridgehead atoms. The van der Waals surface area contributed by atoms with E-state index in [9.17, 15) is 18.0 Å². The van der Waals surface area contributed by atoms with Crippen molar-refractivity contribution >= 4 is 5.91 Å². The van der Waals surface area contributed by atoms with E-state index in [0.29, 0.717) is 0 Å². The number of amides is 1. The molecule has 1 heterocycles. The average Bonchev–Trinajstić information content (AvgIpc) is 2.38. The molecule has 20 heavy (non-hydrogen) atoms. The standard InChI is InChI=1S/C12H15F3N2O3/c1-20-7-9(4-5-18)17-11(19)8-2-3-10(16-6-8)12(13,14)15/h2-3,6,9,18H,4-5,7H2,1H3,(H,17,19). The van der Waals surface area contributed by atoms with Gasteiger partial charge in [-0.05, 0) is 18.6 Å². The van der Waals surface area contributed by atoms with Crippen molar-refractivity contribution in [1.82, 2.24) is 10.3 Å². The van der Waals surface area contributed by atoms with Gasteiger partial charge < -0.3 is 15.2 Å². The van der Waals surface area contributed by atoms with Crippen LogP contribution >= 0.6 is 0 Å². The monoisotopic (exact) mass is 292 g/mol. The number of ether oxygens (including phenoxy) is 1. The number of methoxy groups -OCH3 is 1. The number of aromatic nitrogens is 1. The highest BCUT2D eigenvalue weighted by molar-refractivity contribution is 5.94. The molecule has 0 aliphatic heterocycles. The highest BCUT2D eigenvalue weighted by Crippen LogP contribution is 2.27. The summed E-state index contributed by atoms with van der Waals surface area (Å²) in [5.41, 5.74) is -1.05. The van der Waals surface area contributed by atoms with Crippen LogP contribution in [0.1, 0.15) is 22.5 Å². The van der Waals surface area contributed by atoms with Crippen molar-refractivity contribution in [2.75, 3.05) is 20.3 Å². The minimum Gasteiger partial charge on any atom is -0.396 e. The van der Waals surface area contributed by atoms with Gasteiger partial charge in [0.1, 0.15) is 5.69 Å². The lowest BCUT2D eigenvalue weighted by Crippen LogP contribution is -2.38. The minimum atomic E-state index is -4.54. The summed E-state index contributed by atoms with van der Waals surface area (Å²) >= 11 is 0. The number of aliphatic hydroxyl groups excluding tert-OH is 1. The number of pyridine rings is 1. The van der Waals surface area contributed by atoms with Crippen LogP contribution in [0.15, 0.2) is 18.3 Å². The highest BCUT2D eigenvalue weighted by atomic mass is 19.4. The Balaban J connectivity index is 2.72. The summed E-state index contributed by atoms with van der Waals surface area (Å²) < 4.78 is 41.8. The van der Waals surface area contributed by atoms with Crippen molar-refractivity contribution < 1.29 is 27.8 Å². The molecule has 0 aromatic carbocycles. The van der Waals surface area contributed by atoms with E-state index in [1.807, 2.05) is 0 Å². The Morgan fingerprint density at radius 2 is 2.20 bits per heavy atom. The van der Waals surface area contributed by atoms with E-state index < -0.39 is 23.8 Å². The molecule has 1 amide bonds. The SMILES string of the molecule is COCC(CCO)NC(=O)c1ccc(C(F)(F)F)nc1. The third-order valence-electron chi connectivity index (χ3n) is 2.50. The van der Waals surface area contributed by atoms with E-state index in [0.717, 1.165) is 18.3 Å². The molecule has 5 nitrogen and oxygen atoms in total. The van der Waals surface area contributed by atoms with Crippen LogP contribution in [0, 0.1) is 0 Å². The summed E-state index contributed by atoms with van der Waals surface area (Å²) in [6, 6.07) is 1.38. The maximum Gasteiger partial charge on any atom is 0.433 e. The molecule has 1 rings (SSSR count). The summed E-state index contributed by atoms with van der Waals surface area (Å²) in [6.07, 6.45) is -3.39. The topological polar surface area (TPSA) is 71.5 Å². The third kappa shape index (κ3) is 4.78. The van der Waals surface area contributed by atoms with Gasteiger partial charge in [-0.1, -0.05) is 0 Å². The lowest BCUT2D eigenvalue weighted by atomic mass is 10.2. The van der Waals surface area contributed by atoms with Gasteiger partial charge in [0.2, 0.25) is 0 Å². The Morgan fingerprint density at radius 1 is 1.50 bits per heavy atom. The Morgan fingerprint density at radius 3 is 2.65 bits per heavy atom. The lowest BCUT2D eigenvalue weighted by Gasteiger charge is -2.16. The molecule has 1 atom stereocenters. The van der Waals surface area contributed by atoms with Gasteiger partial charge in [-0.3, -0.25) is 9.78 Å². The van der Waals surface area contributed by atoms with Crippen LogP contribution in [-0.2, 0) is 10.9 Å². The molecular formula is C12H15F3N2O3. The van der Waals surface area contributed by atoms with Crippen molar-refractivity contribution in [2.45, 2.75) is 18.6 Å². The van der Waals surface area contributed by atoms with Crippen LogP contribution in [0.2, 0.25) is 0 Å². The highest BCUT2D eigenvalue weighted by Gasteiger charge is 2.32. The Kier molecular flexibility index (Phi) is 5.90. The molecule has 0 radical (unpaired) electrons. The molecule has 0 aliphatic carbocycles. The molecule has 2 N–H and O–H groups in total. The van der Waals surface area contributed by atoms with Crippen LogP contribution in [0.3, 0.4) is 0 Å². The van der Waals surface area contributed by atoms with Gasteiger partial charge in [-0.25, -0.2) is 0 Å². The smallest absolute Gasteiger partial charge is 0.396 e. The fourth-order valence-electron chi connectivity index (χ4n) is 1.52. The molecule has 1 aromatic rings. The van der Waals surface area contributed by atoms with E-state index in [1.165, 1.54) is 7.11 Å². The van der Waals surface area contributed by atoms with Gasteiger partial charge in [0.05, 0.1) is 18.2 Å². The molecule has 112 valence electrons. The summed E-state index contributed by atoms with van der Waals surface area (Å²) in [7, 11) is 1.44. The Bertz CT molecular complexity index is 429. The van der Waals surface area contributed by atoms with Crippen LogP contribution < -0.4 is 5.32 Å². The van der Waals surface area contributed by atoms with Crippen molar-refractivity contribution in [2.24, 2.45) is 0 Å². The van der Waals surface area contributed by atoms with Crippen molar-refractivity contribution in [1.29, 1.82) is 0 Å². The minimum absolute atomic E-state index is 0.0112. The van der Waals surface area contributed by atoms with Crippen molar-refractivity contribution in [3.63, 3.8) is 0 Å². The molecule has 0 spiro atoms. The molecule has 0 aliphatic rings. The predicted molar refractivity (Wildman–Crippen MR) is 64.1 cm³/mol. The number of halogens is 3. The zero-order valence-electron chi connectivity index (χ0n) is 10.8. The van der Waals surface area contributed by atoms with Crippen LogP contribution in [-0.4, -0.2) is 42.4 Å². The summed E-state index contributed by atoms with van der Waals surface area (Å²) in [5, 5.41) is 11.4. The first-order valence-electron chi connectivity index (χ1n) is 5.82. The second-order valence-corrected chi connectivity index (χ2v) is 4.07. The first kappa shape index (κ1) is 16.4. The van der Waals surface area contributed by atoms with E-state index in [-0.39, 0.29) is 25.2 Å². The normalized spacial score (nSPS) is 13.1. The summed E-state index contributed by atoms with van der Waals surface area (Å²) in [5.74, 6) is -0.568. The largest absolute Gasteiger partial charge is 0.433 e. The van der Waals surface area contributed by atoms with Gasteiger partial charge in [0, 0.05) is 19.9 Å². The van der Waals surface area contributed by atoms with E-state index in [1.54, 1.807) is 0 Å². The molecule has 8 heteroatoms. The molecule has 0 fully saturated rings. The number of rotatable bonds is 6. The van der Waals surface area contributed by atoms with Crippen LogP contribution in [0.4, 0.5) is 13.2 Å². The maximum absolute atomic E-state index is 12.3. The second-order valence-electron chi connectivity index (χ2n) is 4.07. The number of aliphatic hydroxyl groups is 1. The van der Waals surface area contributed by atoms with Gasteiger partial charge in [0.25, 0.3) is 5.91 Å². The molecule has 0 saturated carbocycles. The molecule has 0 saturated heterocycles. The molecule has 1 unspecified atom stereocenters. The van der Waals surface area contributed by atoms with E-state index in [4.69, 9.17) is 9.84 Å². The number of hydrogen-bond donors (Lipinski definition) is 2. The summed E-state index contributed by atoms with van der Waals surface area (Å²) in [4.78, 5) is 15.0. The zero-order valence-corrected chi connectivity index (χ0v) is 10.8. The third-order valence-corrected chi connectivity index (χ3v) is 2.50. The molecular weight excluding hydrogens is 277 g/mol. The first-order valence-corrected chi connectivity index (χ1v) is 5.82. The first-order chi connectivity index (χ1) is 9.38. The fraction of sp³-hybridized carbons (Fsp3) is 0.500. The Labute approximate surface area is 113 Å². The van der Waals surface area contributed by atoms with Crippen molar-refractivity contribution in [3.8, 4) is 0 Å². The number of carbonyl (C=O) groups is 1. The van der Waals surface area contributed by atoms with Gasteiger partial charge in [-0.2, -0.15) is 13.2 Å². The quantitative estimate of drug-likeness (QED) is 0.827. The summed E-state index contributed by atoms with van der Waals surface area (Å²) in [6.45, 7) is 0.0555. The second kappa shape index (κ2) is 7.20. The van der Waals surface area contributed by atoms with E-state index in [2.05, 4.69) is 10.3 Å². The van der Waals surface area contributed by atoms with E-state index >= 15 is 0 Å². The number of nitrogens with one attached hydrogen (secondary N) is 1. The number of carbonyl (C=O) groups excluding carboxylic acids is 1. The van der Waals surface area contributed by atoms with Crippen LogP contribution in [0.5, 0.6) is 0 Å². The Hall–Kier alpha value is -1.67. The average molecular weight is 292 g/mol.